The lowest BCUT2D eigenvalue weighted by molar-refractivity contribution is 0.147. The van der Waals surface area contributed by atoms with E-state index in [0.717, 1.165) is 18.8 Å². The number of methoxy groups -OCH3 is 1. The molecule has 1 aromatic carbocycles. The Bertz CT molecular complexity index is 390. The molecule has 120 valence electrons. The van der Waals surface area contributed by atoms with Crippen molar-refractivity contribution >= 4 is 0 Å². The van der Waals surface area contributed by atoms with Crippen molar-refractivity contribution in [3.63, 3.8) is 0 Å². The second kappa shape index (κ2) is 8.40. The predicted octanol–water partition coefficient (Wildman–Crippen LogP) is 3.70. The molecule has 3 nitrogen and oxygen atoms in total. The van der Waals surface area contributed by atoms with Gasteiger partial charge in [-0.2, -0.15) is 0 Å². The molecule has 0 saturated heterocycles. The smallest absolute Gasteiger partial charge is 0.118 e. The van der Waals surface area contributed by atoms with Gasteiger partial charge in [0.1, 0.15) is 5.75 Å². The van der Waals surface area contributed by atoms with Gasteiger partial charge in [0.05, 0.1) is 7.11 Å². The maximum atomic E-state index is 6.50. The number of benzene rings is 1. The van der Waals surface area contributed by atoms with Crippen LogP contribution >= 0.6 is 0 Å². The molecular weight excluding hydrogens is 260 g/mol. The van der Waals surface area contributed by atoms with Gasteiger partial charge >= 0.3 is 0 Å². The van der Waals surface area contributed by atoms with Crippen molar-refractivity contribution in [3.8, 4) is 5.75 Å². The van der Waals surface area contributed by atoms with Crippen molar-refractivity contribution in [1.29, 1.82) is 0 Å². The number of rotatable bonds is 8. The summed E-state index contributed by atoms with van der Waals surface area (Å²) in [5, 5.41) is 0. The van der Waals surface area contributed by atoms with Gasteiger partial charge in [-0.15, -0.1) is 0 Å². The van der Waals surface area contributed by atoms with Crippen LogP contribution in [-0.4, -0.2) is 31.1 Å². The quantitative estimate of drug-likeness (QED) is 0.794. The highest BCUT2D eigenvalue weighted by Gasteiger charge is 2.23. The van der Waals surface area contributed by atoms with E-state index in [0.29, 0.717) is 17.9 Å². The molecule has 1 aromatic rings. The fourth-order valence-electron chi connectivity index (χ4n) is 2.68. The molecule has 3 heteroatoms. The monoisotopic (exact) mass is 292 g/mol. The van der Waals surface area contributed by atoms with Crippen molar-refractivity contribution in [2.45, 2.75) is 46.7 Å². The van der Waals surface area contributed by atoms with Gasteiger partial charge in [-0.25, -0.2) is 0 Å². The second-order valence-electron chi connectivity index (χ2n) is 6.78. The molecule has 0 amide bonds. The van der Waals surface area contributed by atoms with Gasteiger partial charge in [-0.05, 0) is 36.5 Å². The minimum atomic E-state index is 0.0217. The van der Waals surface area contributed by atoms with E-state index < -0.39 is 0 Å². The molecule has 0 aliphatic rings. The third-order valence-electron chi connectivity index (χ3n) is 3.80. The van der Waals surface area contributed by atoms with E-state index in [2.05, 4.69) is 51.7 Å². The number of hydrogen-bond donors (Lipinski definition) is 1. The van der Waals surface area contributed by atoms with E-state index in [1.165, 1.54) is 5.56 Å². The average Bonchev–Trinajstić information content (AvgIpc) is 2.44. The summed E-state index contributed by atoms with van der Waals surface area (Å²) in [5.41, 5.74) is 7.67. The van der Waals surface area contributed by atoms with E-state index in [4.69, 9.17) is 10.5 Å². The first-order chi connectivity index (χ1) is 9.85. The molecule has 0 spiro atoms. The molecule has 0 radical (unpaired) electrons. The molecule has 2 atom stereocenters. The molecule has 0 fully saturated rings. The minimum Gasteiger partial charge on any atom is -0.497 e. The molecular formula is C18H32N2O. The lowest BCUT2D eigenvalue weighted by Gasteiger charge is -2.35. The van der Waals surface area contributed by atoms with Gasteiger partial charge in [-0.1, -0.05) is 39.8 Å². The van der Waals surface area contributed by atoms with Crippen LogP contribution in [0.2, 0.25) is 0 Å². The van der Waals surface area contributed by atoms with Crippen molar-refractivity contribution in [2.24, 2.45) is 17.6 Å². The zero-order chi connectivity index (χ0) is 16.0. The maximum absolute atomic E-state index is 6.50. The Balaban J connectivity index is 2.81. The van der Waals surface area contributed by atoms with Gasteiger partial charge in [0.15, 0.2) is 0 Å². The molecule has 0 bridgehead atoms. The van der Waals surface area contributed by atoms with E-state index in [1.807, 2.05) is 12.1 Å². The third kappa shape index (κ3) is 5.68. The van der Waals surface area contributed by atoms with Crippen molar-refractivity contribution in [1.82, 2.24) is 4.90 Å². The van der Waals surface area contributed by atoms with Crippen LogP contribution in [0.15, 0.2) is 24.3 Å². The normalized spacial score (nSPS) is 14.8. The van der Waals surface area contributed by atoms with Gasteiger partial charge in [0, 0.05) is 25.2 Å². The van der Waals surface area contributed by atoms with Gasteiger partial charge < -0.3 is 10.5 Å². The Morgan fingerprint density at radius 2 is 1.43 bits per heavy atom. The Labute approximate surface area is 130 Å². The largest absolute Gasteiger partial charge is 0.497 e. The number of nitrogens with two attached hydrogens (primary N) is 1. The van der Waals surface area contributed by atoms with Crippen LogP contribution in [0, 0.1) is 11.8 Å². The Kier molecular flexibility index (Phi) is 7.20. The van der Waals surface area contributed by atoms with Crippen LogP contribution in [0.4, 0.5) is 0 Å². The summed E-state index contributed by atoms with van der Waals surface area (Å²) in [6, 6.07) is 8.46. The van der Waals surface area contributed by atoms with Crippen LogP contribution in [-0.2, 0) is 0 Å². The van der Waals surface area contributed by atoms with E-state index >= 15 is 0 Å². The first kappa shape index (κ1) is 18.0. The van der Waals surface area contributed by atoms with Gasteiger partial charge in [0.2, 0.25) is 0 Å². The van der Waals surface area contributed by atoms with Gasteiger partial charge in [0.25, 0.3) is 0 Å². The molecule has 2 unspecified atom stereocenters. The zero-order valence-electron chi connectivity index (χ0n) is 14.5. The van der Waals surface area contributed by atoms with Crippen LogP contribution in [0.3, 0.4) is 0 Å². The van der Waals surface area contributed by atoms with Crippen molar-refractivity contribution < 1.29 is 4.74 Å². The highest BCUT2D eigenvalue weighted by atomic mass is 16.5. The molecule has 2 N–H and O–H groups in total. The van der Waals surface area contributed by atoms with Crippen molar-refractivity contribution in [3.05, 3.63) is 29.8 Å². The van der Waals surface area contributed by atoms with E-state index in [1.54, 1.807) is 7.11 Å². The number of nitrogens with zero attached hydrogens (tertiary/aromatic N) is 1. The predicted molar refractivity (Wildman–Crippen MR) is 90.6 cm³/mol. The Hall–Kier alpha value is -1.06. The highest BCUT2D eigenvalue weighted by Crippen LogP contribution is 2.22. The Morgan fingerprint density at radius 1 is 0.952 bits per heavy atom. The van der Waals surface area contributed by atoms with Gasteiger partial charge in [-0.3, -0.25) is 4.90 Å². The highest BCUT2D eigenvalue weighted by molar-refractivity contribution is 5.29. The first-order valence-electron chi connectivity index (χ1n) is 7.98. The van der Waals surface area contributed by atoms with E-state index in [9.17, 15) is 0 Å². The fourth-order valence-corrected chi connectivity index (χ4v) is 2.68. The zero-order valence-corrected chi connectivity index (χ0v) is 14.5. The SMILES string of the molecule is COc1ccc(C(N)C(C)N(CC(C)C)CC(C)C)cc1. The molecule has 0 saturated carbocycles. The molecule has 0 aliphatic heterocycles. The molecule has 1 rings (SSSR count). The molecule has 0 aromatic heterocycles. The standard InChI is InChI=1S/C18H32N2O/c1-13(2)11-20(12-14(3)4)15(5)18(19)16-7-9-17(21-6)10-8-16/h7-10,13-15,18H,11-12,19H2,1-6H3. The number of ether oxygens (including phenoxy) is 1. The van der Waals surface area contributed by atoms with Crippen LogP contribution in [0.5, 0.6) is 5.75 Å². The van der Waals surface area contributed by atoms with Crippen molar-refractivity contribution in [2.75, 3.05) is 20.2 Å². The summed E-state index contributed by atoms with van der Waals surface area (Å²) < 4.78 is 5.21. The summed E-state index contributed by atoms with van der Waals surface area (Å²) in [4.78, 5) is 2.52. The van der Waals surface area contributed by atoms with Crippen LogP contribution in [0.1, 0.15) is 46.2 Å². The lowest BCUT2D eigenvalue weighted by atomic mass is 9.98. The van der Waals surface area contributed by atoms with Crippen LogP contribution < -0.4 is 10.5 Å². The first-order valence-corrected chi connectivity index (χ1v) is 7.98. The summed E-state index contributed by atoms with van der Waals surface area (Å²) in [5.74, 6) is 2.17. The number of hydrogen-bond acceptors (Lipinski definition) is 3. The Morgan fingerprint density at radius 3 is 1.81 bits per heavy atom. The van der Waals surface area contributed by atoms with E-state index in [-0.39, 0.29) is 6.04 Å². The summed E-state index contributed by atoms with van der Waals surface area (Å²) >= 11 is 0. The third-order valence-corrected chi connectivity index (χ3v) is 3.80. The fraction of sp³-hybridized carbons (Fsp3) is 0.667. The average molecular weight is 292 g/mol. The molecule has 0 aliphatic carbocycles. The summed E-state index contributed by atoms with van der Waals surface area (Å²) in [6.45, 7) is 13.5. The summed E-state index contributed by atoms with van der Waals surface area (Å²) in [6.07, 6.45) is 0. The maximum Gasteiger partial charge on any atom is 0.118 e. The molecule has 0 heterocycles. The molecule has 21 heavy (non-hydrogen) atoms. The second-order valence-corrected chi connectivity index (χ2v) is 6.78. The van der Waals surface area contributed by atoms with Crippen LogP contribution in [0.25, 0.3) is 0 Å². The minimum absolute atomic E-state index is 0.0217. The summed E-state index contributed by atoms with van der Waals surface area (Å²) in [7, 11) is 1.69. The topological polar surface area (TPSA) is 38.5 Å². The lowest BCUT2D eigenvalue weighted by Crippen LogP contribution is -2.44.